The van der Waals surface area contributed by atoms with E-state index in [4.69, 9.17) is 0 Å². The van der Waals surface area contributed by atoms with Crippen LogP contribution in [0.4, 0.5) is 0 Å². The molecule has 0 saturated carbocycles. The van der Waals surface area contributed by atoms with E-state index < -0.39 is 0 Å². The van der Waals surface area contributed by atoms with Crippen LogP contribution in [0, 0.1) is 0 Å². The Hall–Kier alpha value is -2.16. The molecule has 0 radical (unpaired) electrons. The van der Waals surface area contributed by atoms with Crippen molar-refractivity contribution < 1.29 is 0 Å². The van der Waals surface area contributed by atoms with Crippen molar-refractivity contribution in [3.8, 4) is 0 Å². The molecule has 1 aromatic heterocycles. The van der Waals surface area contributed by atoms with E-state index in [-0.39, 0.29) is 6.04 Å². The Morgan fingerprint density at radius 1 is 1.04 bits per heavy atom. The monoisotopic (exact) mass is 367 g/mol. The number of fused-ring (bicyclic) bond motifs is 1. The number of hydrogen-bond donors (Lipinski definition) is 3. The van der Waals surface area contributed by atoms with Crippen molar-refractivity contribution in [1.82, 2.24) is 15.6 Å². The number of benzene rings is 1. The molecule has 1 aromatic carbocycles. The summed E-state index contributed by atoms with van der Waals surface area (Å²) in [6.45, 7) is 14.0. The summed E-state index contributed by atoms with van der Waals surface area (Å²) >= 11 is 0. The van der Waals surface area contributed by atoms with Crippen LogP contribution in [0.2, 0.25) is 0 Å². The van der Waals surface area contributed by atoms with Crippen LogP contribution in [-0.2, 0) is 6.42 Å². The molecule has 3 nitrogen and oxygen atoms in total. The second kappa shape index (κ2) is 11.5. The maximum absolute atomic E-state index is 4.29. The van der Waals surface area contributed by atoms with Gasteiger partial charge in [0.1, 0.15) is 0 Å². The Balaban J connectivity index is 1.83. The Morgan fingerprint density at radius 2 is 1.81 bits per heavy atom. The van der Waals surface area contributed by atoms with Crippen LogP contribution < -0.4 is 10.6 Å². The molecule has 0 amide bonds. The lowest BCUT2D eigenvalue weighted by Gasteiger charge is -2.24. The second-order valence-electron chi connectivity index (χ2n) is 7.49. The third-order valence-electron chi connectivity index (χ3n) is 5.09. The zero-order valence-corrected chi connectivity index (χ0v) is 17.2. The highest BCUT2D eigenvalue weighted by atomic mass is 15.0. The third-order valence-corrected chi connectivity index (χ3v) is 5.09. The number of aromatic nitrogens is 1. The van der Waals surface area contributed by atoms with Gasteiger partial charge >= 0.3 is 0 Å². The average molecular weight is 368 g/mol. The van der Waals surface area contributed by atoms with Crippen LogP contribution in [0.1, 0.15) is 64.4 Å². The molecule has 0 spiro atoms. The average Bonchev–Trinajstić information content (AvgIpc) is 3.07. The summed E-state index contributed by atoms with van der Waals surface area (Å²) in [5, 5.41) is 8.42. The normalized spacial score (nSPS) is 12.1. The highest BCUT2D eigenvalue weighted by Crippen LogP contribution is 2.20. The minimum absolute atomic E-state index is 0.239. The Labute approximate surface area is 165 Å². The minimum atomic E-state index is 0.239. The molecule has 1 unspecified atom stereocenters. The Kier molecular flexibility index (Phi) is 9.03. The van der Waals surface area contributed by atoms with Crippen molar-refractivity contribution in [3.63, 3.8) is 0 Å². The fraction of sp³-hybridized carbons (Fsp3) is 0.500. The molecule has 3 heteroatoms. The first-order valence-corrected chi connectivity index (χ1v) is 10.6. The molecule has 0 fully saturated rings. The first-order chi connectivity index (χ1) is 13.2. The number of unbranched alkanes of at least 4 members (excludes halogenated alkanes) is 4. The van der Waals surface area contributed by atoms with E-state index in [0.717, 1.165) is 37.2 Å². The first kappa shape index (κ1) is 21.1. The predicted octanol–water partition coefficient (Wildman–Crippen LogP) is 6.06. The van der Waals surface area contributed by atoms with Gasteiger partial charge in [-0.25, -0.2) is 0 Å². The maximum atomic E-state index is 4.29. The summed E-state index contributed by atoms with van der Waals surface area (Å²) in [5.74, 6) is 0. The predicted molar refractivity (Wildman–Crippen MR) is 119 cm³/mol. The van der Waals surface area contributed by atoms with Crippen molar-refractivity contribution in [3.05, 3.63) is 60.6 Å². The maximum Gasteiger partial charge on any atom is 0.0650 e. The molecular weight excluding hydrogens is 330 g/mol. The van der Waals surface area contributed by atoms with Crippen LogP contribution in [0.25, 0.3) is 10.9 Å². The van der Waals surface area contributed by atoms with E-state index in [0.29, 0.717) is 0 Å². The SMILES string of the molecule is C=C(Cc1c[nH]c2ccccc12)NC(CCC)C(=C)NCCCCCCC. The molecule has 1 heterocycles. The number of aromatic amines is 1. The van der Waals surface area contributed by atoms with Gasteiger partial charge in [0.25, 0.3) is 0 Å². The van der Waals surface area contributed by atoms with Crippen molar-refractivity contribution in [2.75, 3.05) is 6.54 Å². The van der Waals surface area contributed by atoms with Gasteiger partial charge in [0.15, 0.2) is 0 Å². The number of hydrogen-bond acceptors (Lipinski definition) is 2. The second-order valence-corrected chi connectivity index (χ2v) is 7.49. The fourth-order valence-corrected chi connectivity index (χ4v) is 3.53. The lowest BCUT2D eigenvalue weighted by molar-refractivity contribution is 0.528. The van der Waals surface area contributed by atoms with Gasteiger partial charge in [-0.15, -0.1) is 0 Å². The van der Waals surface area contributed by atoms with Crippen LogP contribution >= 0.6 is 0 Å². The molecular formula is C24H37N3. The number of para-hydroxylation sites is 1. The molecule has 0 aliphatic carbocycles. The van der Waals surface area contributed by atoms with Crippen molar-refractivity contribution in [2.24, 2.45) is 0 Å². The van der Waals surface area contributed by atoms with Gasteiger partial charge in [-0.2, -0.15) is 0 Å². The van der Waals surface area contributed by atoms with E-state index in [9.17, 15) is 0 Å². The van der Waals surface area contributed by atoms with Gasteiger partial charge in [-0.1, -0.05) is 77.3 Å². The molecule has 0 aliphatic heterocycles. The van der Waals surface area contributed by atoms with Crippen LogP contribution in [0.5, 0.6) is 0 Å². The van der Waals surface area contributed by atoms with Gasteiger partial charge < -0.3 is 15.6 Å². The lowest BCUT2D eigenvalue weighted by atomic mass is 10.1. The summed E-state index contributed by atoms with van der Waals surface area (Å²) in [6, 6.07) is 8.66. The van der Waals surface area contributed by atoms with Gasteiger partial charge in [0.05, 0.1) is 6.04 Å². The van der Waals surface area contributed by atoms with E-state index in [1.807, 2.05) is 0 Å². The number of nitrogens with one attached hydrogen (secondary N) is 3. The van der Waals surface area contributed by atoms with Crippen molar-refractivity contribution >= 4 is 10.9 Å². The molecule has 1 atom stereocenters. The van der Waals surface area contributed by atoms with Crippen LogP contribution in [0.15, 0.2) is 55.0 Å². The van der Waals surface area contributed by atoms with Crippen molar-refractivity contribution in [1.29, 1.82) is 0 Å². The number of H-pyrrole nitrogens is 1. The largest absolute Gasteiger partial charge is 0.387 e. The van der Waals surface area contributed by atoms with Crippen molar-refractivity contribution in [2.45, 2.75) is 71.3 Å². The molecule has 2 aromatic rings. The van der Waals surface area contributed by atoms with Gasteiger partial charge in [0, 0.05) is 41.5 Å². The zero-order chi connectivity index (χ0) is 19.5. The minimum Gasteiger partial charge on any atom is -0.387 e. The first-order valence-electron chi connectivity index (χ1n) is 10.6. The quantitative estimate of drug-likeness (QED) is 0.355. The summed E-state index contributed by atoms with van der Waals surface area (Å²) < 4.78 is 0. The van der Waals surface area contributed by atoms with Crippen LogP contribution in [-0.4, -0.2) is 17.6 Å². The summed E-state index contributed by atoms with van der Waals surface area (Å²) in [7, 11) is 0. The Morgan fingerprint density at radius 3 is 2.59 bits per heavy atom. The highest BCUT2D eigenvalue weighted by molar-refractivity contribution is 5.83. The molecule has 27 heavy (non-hydrogen) atoms. The van der Waals surface area contributed by atoms with E-state index in [1.54, 1.807) is 0 Å². The lowest BCUT2D eigenvalue weighted by Crippen LogP contribution is -2.36. The molecule has 0 bridgehead atoms. The topological polar surface area (TPSA) is 39.9 Å². The van der Waals surface area contributed by atoms with E-state index in [1.165, 1.54) is 48.6 Å². The standard InChI is InChI=1S/C24H37N3/c1-5-7-8-9-12-16-25-20(4)23(13-6-2)27-19(3)17-21-18-26-24-15-11-10-14-22(21)24/h10-11,14-15,18,23,25-27H,3-9,12-13,16-17H2,1-2H3. The van der Waals surface area contributed by atoms with E-state index >= 15 is 0 Å². The zero-order valence-electron chi connectivity index (χ0n) is 17.2. The smallest absolute Gasteiger partial charge is 0.0650 e. The van der Waals surface area contributed by atoms with Gasteiger partial charge in [0.2, 0.25) is 0 Å². The summed E-state index contributed by atoms with van der Waals surface area (Å²) in [6.07, 6.45) is 11.6. The summed E-state index contributed by atoms with van der Waals surface area (Å²) in [4.78, 5) is 3.34. The molecule has 3 N–H and O–H groups in total. The number of allylic oxidation sites excluding steroid dienone is 1. The summed E-state index contributed by atoms with van der Waals surface area (Å²) in [5.41, 5.74) is 4.60. The molecule has 2 rings (SSSR count). The highest BCUT2D eigenvalue weighted by Gasteiger charge is 2.13. The van der Waals surface area contributed by atoms with Gasteiger partial charge in [-0.05, 0) is 24.5 Å². The Bertz CT molecular complexity index is 713. The molecule has 148 valence electrons. The molecule has 0 aliphatic rings. The van der Waals surface area contributed by atoms with Crippen LogP contribution in [0.3, 0.4) is 0 Å². The van der Waals surface area contributed by atoms with E-state index in [2.05, 4.69) is 73.1 Å². The number of rotatable bonds is 14. The molecule has 0 saturated heterocycles. The fourth-order valence-electron chi connectivity index (χ4n) is 3.53. The van der Waals surface area contributed by atoms with Gasteiger partial charge in [-0.3, -0.25) is 0 Å². The third kappa shape index (κ3) is 6.82.